The number of hydrogen-bond donors (Lipinski definition) is 1. The van der Waals surface area contributed by atoms with Gasteiger partial charge in [0.25, 0.3) is 17.7 Å². The number of benzene rings is 2. The van der Waals surface area contributed by atoms with E-state index in [-0.39, 0.29) is 53.4 Å². The molecule has 1 fully saturated rings. The summed E-state index contributed by atoms with van der Waals surface area (Å²) in [5.41, 5.74) is 1.32. The minimum Gasteiger partial charge on any atom is -0.439 e. The molecule has 1 aromatic heterocycles. The first kappa shape index (κ1) is 22.7. The summed E-state index contributed by atoms with van der Waals surface area (Å²) < 4.78 is 24.7. The van der Waals surface area contributed by atoms with E-state index in [0.29, 0.717) is 12.2 Å². The van der Waals surface area contributed by atoms with Gasteiger partial charge in [-0.2, -0.15) is 0 Å². The lowest BCUT2D eigenvalue weighted by molar-refractivity contribution is 0.0475. The van der Waals surface area contributed by atoms with Gasteiger partial charge in [0.05, 0.1) is 23.8 Å². The first-order valence-corrected chi connectivity index (χ1v) is 11.3. The minimum atomic E-state index is -0.438. The van der Waals surface area contributed by atoms with Gasteiger partial charge in [0.2, 0.25) is 5.88 Å². The van der Waals surface area contributed by atoms with Gasteiger partial charge in [-0.05, 0) is 49.2 Å². The van der Waals surface area contributed by atoms with Crippen LogP contribution in [0.2, 0.25) is 0 Å². The lowest BCUT2D eigenvalue weighted by Gasteiger charge is -2.17. The summed E-state index contributed by atoms with van der Waals surface area (Å²) >= 11 is 0. The van der Waals surface area contributed by atoms with Crippen molar-refractivity contribution in [3.05, 3.63) is 88.9 Å². The molecule has 3 amide bonds. The van der Waals surface area contributed by atoms with Crippen molar-refractivity contribution in [3.63, 3.8) is 0 Å². The van der Waals surface area contributed by atoms with Gasteiger partial charge in [0.1, 0.15) is 11.6 Å². The maximum absolute atomic E-state index is 13.5. The van der Waals surface area contributed by atoms with E-state index in [1.807, 2.05) is 0 Å². The van der Waals surface area contributed by atoms with Crippen molar-refractivity contribution in [1.29, 1.82) is 0 Å². The normalized spacial score (nSPS) is 16.9. The van der Waals surface area contributed by atoms with Crippen molar-refractivity contribution >= 4 is 17.7 Å². The Morgan fingerprint density at radius 1 is 1.11 bits per heavy atom. The fourth-order valence-corrected chi connectivity index (χ4v) is 4.16. The number of carbonyl (C=O) groups is 3. The van der Waals surface area contributed by atoms with Crippen LogP contribution in [-0.2, 0) is 11.3 Å². The Morgan fingerprint density at radius 3 is 2.77 bits per heavy atom. The third-order valence-corrected chi connectivity index (χ3v) is 5.94. The molecule has 1 unspecified atom stereocenters. The third-order valence-electron chi connectivity index (χ3n) is 5.94. The summed E-state index contributed by atoms with van der Waals surface area (Å²) in [6.45, 7) is 0.930. The Morgan fingerprint density at radius 2 is 1.97 bits per heavy atom. The second-order valence-electron chi connectivity index (χ2n) is 8.33. The van der Waals surface area contributed by atoms with Crippen molar-refractivity contribution < 1.29 is 28.2 Å². The van der Waals surface area contributed by atoms with Crippen LogP contribution in [0.4, 0.5) is 4.39 Å². The summed E-state index contributed by atoms with van der Waals surface area (Å²) in [6.07, 6.45) is 3.10. The molecule has 0 bridgehead atoms. The molecule has 3 aromatic rings. The van der Waals surface area contributed by atoms with Crippen LogP contribution in [0.1, 0.15) is 49.5 Å². The number of nitrogens with one attached hydrogen (secondary N) is 1. The zero-order valence-corrected chi connectivity index (χ0v) is 18.7. The fraction of sp³-hybridized carbons (Fsp3) is 0.231. The van der Waals surface area contributed by atoms with E-state index in [1.54, 1.807) is 18.2 Å². The summed E-state index contributed by atoms with van der Waals surface area (Å²) in [5.74, 6) is -1.14. The molecule has 2 aromatic carbocycles. The van der Waals surface area contributed by atoms with Crippen LogP contribution in [0.15, 0.2) is 60.8 Å². The maximum Gasteiger partial charge on any atom is 0.261 e. The number of aromatic nitrogens is 1. The molecule has 2 aliphatic rings. The molecule has 0 aliphatic carbocycles. The molecule has 2 aliphatic heterocycles. The van der Waals surface area contributed by atoms with Crippen molar-refractivity contribution in [3.8, 4) is 11.6 Å². The molecule has 1 N–H and O–H groups in total. The molecule has 8 nitrogen and oxygen atoms in total. The number of ether oxygens (including phenoxy) is 2. The van der Waals surface area contributed by atoms with E-state index in [1.165, 1.54) is 47.5 Å². The van der Waals surface area contributed by atoms with Crippen LogP contribution in [0, 0.1) is 5.82 Å². The van der Waals surface area contributed by atoms with E-state index in [2.05, 4.69) is 10.3 Å². The van der Waals surface area contributed by atoms with Gasteiger partial charge in [-0.15, -0.1) is 0 Å². The lowest BCUT2D eigenvalue weighted by atomic mass is 10.1. The lowest BCUT2D eigenvalue weighted by Crippen LogP contribution is -2.36. The topological polar surface area (TPSA) is 97.8 Å². The maximum atomic E-state index is 13.5. The van der Waals surface area contributed by atoms with Gasteiger partial charge in [-0.25, -0.2) is 9.37 Å². The first-order valence-electron chi connectivity index (χ1n) is 11.3. The van der Waals surface area contributed by atoms with Gasteiger partial charge >= 0.3 is 0 Å². The minimum absolute atomic E-state index is 0.0897. The standard InChI is InChI=1S/C26H22FN3O5/c27-18-5-1-6-19(13-18)35-24-17(4-2-10-28-24)14-29-23(31)16-8-9-21-22(12-16)26(33)30(25(21)32)15-20-7-3-11-34-20/h1-2,4-6,8-10,12-13,20H,3,7,11,14-15H2,(H,29,31). The van der Waals surface area contributed by atoms with Crippen molar-refractivity contribution in [1.82, 2.24) is 15.2 Å². The van der Waals surface area contributed by atoms with E-state index in [4.69, 9.17) is 9.47 Å². The van der Waals surface area contributed by atoms with Crippen molar-refractivity contribution in [2.24, 2.45) is 0 Å². The van der Waals surface area contributed by atoms with Gasteiger partial charge in [0, 0.05) is 36.5 Å². The van der Waals surface area contributed by atoms with Crippen LogP contribution in [0.5, 0.6) is 11.6 Å². The van der Waals surface area contributed by atoms with Crippen LogP contribution >= 0.6 is 0 Å². The van der Waals surface area contributed by atoms with Gasteiger partial charge in [-0.3, -0.25) is 19.3 Å². The van der Waals surface area contributed by atoms with E-state index in [9.17, 15) is 18.8 Å². The molecular formula is C26H22FN3O5. The van der Waals surface area contributed by atoms with Gasteiger partial charge in [0.15, 0.2) is 0 Å². The Bertz CT molecular complexity index is 1310. The number of amides is 3. The Balaban J connectivity index is 1.27. The van der Waals surface area contributed by atoms with E-state index in [0.717, 1.165) is 12.8 Å². The zero-order chi connectivity index (χ0) is 24.4. The summed E-state index contributed by atoms with van der Waals surface area (Å²) in [4.78, 5) is 43.8. The number of rotatable bonds is 7. The van der Waals surface area contributed by atoms with Crippen molar-refractivity contribution in [2.45, 2.75) is 25.5 Å². The molecule has 0 saturated carbocycles. The molecule has 1 saturated heterocycles. The fourth-order valence-electron chi connectivity index (χ4n) is 4.16. The summed E-state index contributed by atoms with van der Waals surface area (Å²) in [6, 6.07) is 13.6. The van der Waals surface area contributed by atoms with Crippen LogP contribution in [0.3, 0.4) is 0 Å². The molecular weight excluding hydrogens is 453 g/mol. The smallest absolute Gasteiger partial charge is 0.261 e. The largest absolute Gasteiger partial charge is 0.439 e. The highest BCUT2D eigenvalue weighted by Gasteiger charge is 2.38. The van der Waals surface area contributed by atoms with E-state index < -0.39 is 17.6 Å². The SMILES string of the molecule is O=C(NCc1cccnc1Oc1cccc(F)c1)c1ccc2c(c1)C(=O)N(CC1CCCO1)C2=O. The number of halogens is 1. The highest BCUT2D eigenvalue weighted by atomic mass is 19.1. The van der Waals surface area contributed by atoms with Crippen LogP contribution in [0.25, 0.3) is 0 Å². The zero-order valence-electron chi connectivity index (χ0n) is 18.7. The highest BCUT2D eigenvalue weighted by Crippen LogP contribution is 2.27. The molecule has 0 radical (unpaired) electrons. The molecule has 178 valence electrons. The van der Waals surface area contributed by atoms with Gasteiger partial charge < -0.3 is 14.8 Å². The molecule has 1 atom stereocenters. The second-order valence-corrected chi connectivity index (χ2v) is 8.33. The van der Waals surface area contributed by atoms with Gasteiger partial charge in [-0.1, -0.05) is 12.1 Å². The molecule has 9 heteroatoms. The number of imide groups is 1. The predicted octanol–water partition coefficient (Wildman–Crippen LogP) is 3.72. The Kier molecular flexibility index (Phi) is 6.24. The number of nitrogens with zero attached hydrogens (tertiary/aromatic N) is 2. The third kappa shape index (κ3) is 4.76. The molecule has 0 spiro atoms. The Labute approximate surface area is 200 Å². The summed E-state index contributed by atoms with van der Waals surface area (Å²) in [7, 11) is 0. The first-order chi connectivity index (χ1) is 17.0. The molecule has 5 rings (SSSR count). The second kappa shape index (κ2) is 9.63. The average Bonchev–Trinajstić information content (AvgIpc) is 3.46. The predicted molar refractivity (Wildman–Crippen MR) is 123 cm³/mol. The van der Waals surface area contributed by atoms with Crippen LogP contribution < -0.4 is 10.1 Å². The summed E-state index contributed by atoms with van der Waals surface area (Å²) in [5, 5.41) is 2.78. The highest BCUT2D eigenvalue weighted by molar-refractivity contribution is 6.22. The monoisotopic (exact) mass is 475 g/mol. The van der Waals surface area contributed by atoms with Crippen LogP contribution in [-0.4, -0.2) is 46.9 Å². The molecule has 35 heavy (non-hydrogen) atoms. The van der Waals surface area contributed by atoms with E-state index >= 15 is 0 Å². The number of fused-ring (bicyclic) bond motifs is 1. The number of carbonyl (C=O) groups excluding carboxylic acids is 3. The Hall–Kier alpha value is -4.11. The average molecular weight is 475 g/mol. The molecule has 3 heterocycles. The quantitative estimate of drug-likeness (QED) is 0.523. The van der Waals surface area contributed by atoms with Crippen molar-refractivity contribution in [2.75, 3.05) is 13.2 Å². The number of hydrogen-bond acceptors (Lipinski definition) is 6. The number of pyridine rings is 1.